The number of fused-ring (bicyclic) bond motifs is 2. The molecule has 2 aliphatic heterocycles. The highest BCUT2D eigenvalue weighted by Crippen LogP contribution is 2.28. The molecule has 2 saturated heterocycles. The molecule has 0 aliphatic carbocycles. The van der Waals surface area contributed by atoms with Crippen LogP contribution in [0, 0.1) is 11.8 Å². The molecule has 0 N–H and O–H groups in total. The molecule has 0 amide bonds. The molecule has 2 heterocycles. The number of hydroxylamine groups is 2. The summed E-state index contributed by atoms with van der Waals surface area (Å²) in [5, 5.41) is 1.64. The fourth-order valence-electron chi connectivity index (χ4n) is 1.82. The zero-order chi connectivity index (χ0) is 9.42. The Labute approximate surface area is 82.9 Å². The number of piperidine rings is 1. The van der Waals surface area contributed by atoms with Crippen molar-refractivity contribution in [2.45, 2.75) is 13.8 Å². The molecular formula is C9H15NO4. The number of esters is 2. The lowest BCUT2D eigenvalue weighted by molar-refractivity contribution is -0.203. The van der Waals surface area contributed by atoms with Crippen molar-refractivity contribution in [2.75, 3.05) is 20.2 Å². The molecule has 0 saturated carbocycles. The summed E-state index contributed by atoms with van der Waals surface area (Å²) in [7, 11) is 1.54. The highest BCUT2D eigenvalue weighted by molar-refractivity contribution is 5.91. The van der Waals surface area contributed by atoms with Crippen molar-refractivity contribution in [1.82, 2.24) is 5.06 Å². The van der Waals surface area contributed by atoms with Gasteiger partial charge in [-0.05, 0) is 6.42 Å². The lowest BCUT2D eigenvalue weighted by Crippen LogP contribution is -2.50. The van der Waals surface area contributed by atoms with E-state index in [2.05, 4.69) is 4.74 Å². The molecule has 0 aromatic heterocycles. The Bertz CT molecular complexity index is 231. The fraction of sp³-hybridized carbons (Fsp3) is 0.778. The Morgan fingerprint density at radius 1 is 1.29 bits per heavy atom. The number of ether oxygens (including phenoxy) is 1. The Balaban J connectivity index is 0.000000980. The average Bonchev–Trinajstić information content (AvgIpc) is 2.15. The van der Waals surface area contributed by atoms with Gasteiger partial charge in [-0.25, -0.2) is 0 Å². The first-order valence-corrected chi connectivity index (χ1v) is 4.25. The Morgan fingerprint density at radius 3 is 2.21 bits per heavy atom. The summed E-state index contributed by atoms with van der Waals surface area (Å²) in [5.41, 5.74) is 0. The summed E-state index contributed by atoms with van der Waals surface area (Å²) < 4.78 is 4.59. The van der Waals surface area contributed by atoms with Crippen LogP contribution >= 0.6 is 0 Å². The molecule has 80 valence electrons. The normalized spacial score (nSPS) is 32.1. The molecule has 2 atom stereocenters. The van der Waals surface area contributed by atoms with E-state index in [-0.39, 0.29) is 19.3 Å². The van der Waals surface area contributed by atoms with E-state index in [0.717, 1.165) is 0 Å². The fourth-order valence-corrected chi connectivity index (χ4v) is 1.82. The van der Waals surface area contributed by atoms with Gasteiger partial charge < -0.3 is 9.57 Å². The molecule has 0 radical (unpaired) electrons. The third-order valence-corrected chi connectivity index (χ3v) is 2.54. The van der Waals surface area contributed by atoms with E-state index in [1.807, 2.05) is 0 Å². The molecule has 2 unspecified atom stereocenters. The minimum Gasteiger partial charge on any atom is -0.393 e. The zero-order valence-electron chi connectivity index (χ0n) is 7.36. The standard InChI is InChI=1S/C8H11NO4.CH4/c1-12-9-3-5-2-6(4-9)8(11)13-7(5)10;/h5-6H,2-4H2,1H3;1H4. The second-order valence-electron chi connectivity index (χ2n) is 3.40. The van der Waals surface area contributed by atoms with Crippen LogP contribution in [0.4, 0.5) is 0 Å². The number of cyclic esters (lactones) is 2. The lowest BCUT2D eigenvalue weighted by atomic mass is 9.88. The Hall–Kier alpha value is -0.940. The third kappa shape index (κ3) is 1.78. The van der Waals surface area contributed by atoms with Gasteiger partial charge >= 0.3 is 11.9 Å². The van der Waals surface area contributed by atoms with E-state index >= 15 is 0 Å². The van der Waals surface area contributed by atoms with Gasteiger partial charge in [0.1, 0.15) is 0 Å². The molecule has 5 nitrogen and oxygen atoms in total. The predicted octanol–water partition coefficient (Wildman–Crippen LogP) is 0.205. The minimum absolute atomic E-state index is 0. The minimum atomic E-state index is -0.414. The molecule has 2 bridgehead atoms. The monoisotopic (exact) mass is 201 g/mol. The van der Waals surface area contributed by atoms with Crippen LogP contribution in [0.5, 0.6) is 0 Å². The van der Waals surface area contributed by atoms with E-state index < -0.39 is 11.9 Å². The number of carbonyl (C=O) groups excluding carboxylic acids is 2. The van der Waals surface area contributed by atoms with Crippen LogP contribution in [0.3, 0.4) is 0 Å². The van der Waals surface area contributed by atoms with Crippen molar-refractivity contribution in [3.63, 3.8) is 0 Å². The smallest absolute Gasteiger partial charge is 0.318 e. The number of nitrogens with zero attached hydrogens (tertiary/aromatic N) is 1. The van der Waals surface area contributed by atoms with Gasteiger partial charge in [0.2, 0.25) is 0 Å². The van der Waals surface area contributed by atoms with Crippen LogP contribution < -0.4 is 0 Å². The van der Waals surface area contributed by atoms with Gasteiger partial charge in [0.05, 0.1) is 18.9 Å². The number of hydrogen-bond acceptors (Lipinski definition) is 5. The maximum Gasteiger partial charge on any atom is 0.318 e. The Morgan fingerprint density at radius 2 is 1.79 bits per heavy atom. The van der Waals surface area contributed by atoms with Crippen LogP contribution in [-0.4, -0.2) is 37.2 Å². The van der Waals surface area contributed by atoms with Gasteiger partial charge in [-0.1, -0.05) is 7.43 Å². The van der Waals surface area contributed by atoms with Gasteiger partial charge in [0.15, 0.2) is 0 Å². The van der Waals surface area contributed by atoms with Gasteiger partial charge in [0, 0.05) is 13.1 Å². The molecule has 0 spiro atoms. The van der Waals surface area contributed by atoms with Crippen molar-refractivity contribution in [2.24, 2.45) is 11.8 Å². The highest BCUT2D eigenvalue weighted by Gasteiger charge is 2.42. The number of rotatable bonds is 1. The van der Waals surface area contributed by atoms with E-state index in [1.165, 1.54) is 7.11 Å². The van der Waals surface area contributed by atoms with Crippen molar-refractivity contribution < 1.29 is 19.2 Å². The van der Waals surface area contributed by atoms with Gasteiger partial charge in [-0.15, -0.1) is 0 Å². The summed E-state index contributed by atoms with van der Waals surface area (Å²) in [6, 6.07) is 0. The van der Waals surface area contributed by atoms with Crippen LogP contribution in [0.15, 0.2) is 0 Å². The van der Waals surface area contributed by atoms with Crippen molar-refractivity contribution in [3.8, 4) is 0 Å². The van der Waals surface area contributed by atoms with Crippen molar-refractivity contribution in [1.29, 1.82) is 0 Å². The molecule has 2 aliphatic rings. The first kappa shape index (κ1) is 11.1. The lowest BCUT2D eigenvalue weighted by Gasteiger charge is -2.36. The van der Waals surface area contributed by atoms with Gasteiger partial charge in [-0.2, -0.15) is 5.06 Å². The number of carbonyl (C=O) groups is 2. The topological polar surface area (TPSA) is 55.8 Å². The van der Waals surface area contributed by atoms with Crippen molar-refractivity contribution in [3.05, 3.63) is 0 Å². The summed E-state index contributed by atoms with van der Waals surface area (Å²) in [6.45, 7) is 1.05. The molecular weight excluding hydrogens is 186 g/mol. The first-order chi connectivity index (χ1) is 6.20. The Kier molecular flexibility index (Phi) is 3.23. The second-order valence-corrected chi connectivity index (χ2v) is 3.40. The zero-order valence-corrected chi connectivity index (χ0v) is 7.36. The predicted molar refractivity (Wildman–Crippen MR) is 48.0 cm³/mol. The number of hydrogen-bond donors (Lipinski definition) is 0. The summed E-state index contributed by atoms with van der Waals surface area (Å²) in [4.78, 5) is 27.3. The summed E-state index contributed by atoms with van der Waals surface area (Å²) in [5.74, 6) is -1.22. The highest BCUT2D eigenvalue weighted by atomic mass is 16.7. The largest absolute Gasteiger partial charge is 0.393 e. The van der Waals surface area contributed by atoms with Gasteiger partial charge in [-0.3, -0.25) is 9.59 Å². The molecule has 2 rings (SSSR count). The first-order valence-electron chi connectivity index (χ1n) is 4.25. The summed E-state index contributed by atoms with van der Waals surface area (Å²) in [6.07, 6.45) is 0.609. The van der Waals surface area contributed by atoms with Crippen LogP contribution in [0.25, 0.3) is 0 Å². The molecule has 5 heteroatoms. The van der Waals surface area contributed by atoms with E-state index in [4.69, 9.17) is 4.84 Å². The third-order valence-electron chi connectivity index (χ3n) is 2.54. The molecule has 0 aromatic rings. The second kappa shape index (κ2) is 4.06. The van der Waals surface area contributed by atoms with Crippen LogP contribution in [0.2, 0.25) is 0 Å². The summed E-state index contributed by atoms with van der Waals surface area (Å²) >= 11 is 0. The maximum atomic E-state index is 11.2. The average molecular weight is 201 g/mol. The van der Waals surface area contributed by atoms with Gasteiger partial charge in [0.25, 0.3) is 0 Å². The van der Waals surface area contributed by atoms with E-state index in [1.54, 1.807) is 5.06 Å². The molecule has 14 heavy (non-hydrogen) atoms. The quantitative estimate of drug-likeness (QED) is 0.448. The van der Waals surface area contributed by atoms with E-state index in [9.17, 15) is 9.59 Å². The van der Waals surface area contributed by atoms with E-state index in [0.29, 0.717) is 19.5 Å². The van der Waals surface area contributed by atoms with Crippen LogP contribution in [0.1, 0.15) is 13.8 Å². The van der Waals surface area contributed by atoms with Crippen LogP contribution in [-0.2, 0) is 19.2 Å². The molecule has 2 fully saturated rings. The molecule has 0 aromatic carbocycles. The SMILES string of the molecule is C.CON1CC2CC(C1)C(=O)OC2=O. The maximum absolute atomic E-state index is 11.2. The van der Waals surface area contributed by atoms with Crippen molar-refractivity contribution >= 4 is 11.9 Å².